The van der Waals surface area contributed by atoms with Gasteiger partial charge in [-0.1, -0.05) is 26.0 Å². The highest BCUT2D eigenvalue weighted by Crippen LogP contribution is 2.20. The maximum absolute atomic E-state index is 11.8. The first-order valence-electron chi connectivity index (χ1n) is 6.66. The molecule has 0 spiro atoms. The van der Waals surface area contributed by atoms with Gasteiger partial charge in [0.1, 0.15) is 5.75 Å². The lowest BCUT2D eigenvalue weighted by Crippen LogP contribution is -2.37. The van der Waals surface area contributed by atoms with E-state index in [4.69, 9.17) is 0 Å². The smallest absolute Gasteiger partial charge is 0.234 e. The minimum Gasteiger partial charge on any atom is -0.508 e. The Bertz CT molecular complexity index is 401. The van der Waals surface area contributed by atoms with Gasteiger partial charge in [0, 0.05) is 12.6 Å². The molecule has 1 aromatic rings. The molecule has 2 N–H and O–H groups in total. The van der Waals surface area contributed by atoms with Crippen molar-refractivity contribution in [2.75, 3.05) is 20.1 Å². The topological polar surface area (TPSA) is 52.6 Å². The summed E-state index contributed by atoms with van der Waals surface area (Å²) in [5.41, 5.74) is 1.08. The Morgan fingerprint density at radius 1 is 1.26 bits per heavy atom. The van der Waals surface area contributed by atoms with Crippen molar-refractivity contribution in [3.8, 4) is 5.75 Å². The number of hydrogen-bond donors (Lipinski definition) is 2. The number of rotatable bonds is 6. The molecular weight excluding hydrogens is 240 g/mol. The third-order valence-electron chi connectivity index (χ3n) is 3.14. The van der Waals surface area contributed by atoms with Crippen LogP contribution in [-0.2, 0) is 4.79 Å². The van der Waals surface area contributed by atoms with Crippen molar-refractivity contribution in [3.63, 3.8) is 0 Å². The molecule has 1 aromatic carbocycles. The lowest BCUT2D eigenvalue weighted by atomic mass is 10.1. The van der Waals surface area contributed by atoms with Gasteiger partial charge in [0.2, 0.25) is 5.91 Å². The van der Waals surface area contributed by atoms with Gasteiger partial charge in [-0.25, -0.2) is 0 Å². The van der Waals surface area contributed by atoms with Crippen LogP contribution in [0.25, 0.3) is 0 Å². The van der Waals surface area contributed by atoms with Gasteiger partial charge in [0.15, 0.2) is 0 Å². The number of nitrogens with zero attached hydrogens (tertiary/aromatic N) is 1. The summed E-state index contributed by atoms with van der Waals surface area (Å²) in [7, 11) is 1.92. The Balaban J connectivity index is 2.50. The second-order valence-corrected chi connectivity index (χ2v) is 5.38. The highest BCUT2D eigenvalue weighted by Gasteiger charge is 2.14. The first kappa shape index (κ1) is 15.5. The SMILES string of the molecule is CC(C)CNC(=O)CN(C)C(C)c1ccc(O)cc1. The Morgan fingerprint density at radius 3 is 2.37 bits per heavy atom. The van der Waals surface area contributed by atoms with Crippen LogP contribution in [0.5, 0.6) is 5.75 Å². The zero-order valence-electron chi connectivity index (χ0n) is 12.2. The van der Waals surface area contributed by atoms with E-state index >= 15 is 0 Å². The quantitative estimate of drug-likeness (QED) is 0.828. The maximum Gasteiger partial charge on any atom is 0.234 e. The number of benzene rings is 1. The van der Waals surface area contributed by atoms with Crippen LogP contribution in [-0.4, -0.2) is 36.1 Å². The van der Waals surface area contributed by atoms with E-state index in [1.165, 1.54) is 0 Å². The van der Waals surface area contributed by atoms with Gasteiger partial charge in [-0.3, -0.25) is 9.69 Å². The van der Waals surface area contributed by atoms with Crippen LogP contribution in [0.15, 0.2) is 24.3 Å². The van der Waals surface area contributed by atoms with Crippen molar-refractivity contribution in [2.24, 2.45) is 5.92 Å². The highest BCUT2D eigenvalue weighted by molar-refractivity contribution is 5.78. The Labute approximate surface area is 115 Å². The Kier molecular flexibility index (Phi) is 5.83. The number of amides is 1. The summed E-state index contributed by atoms with van der Waals surface area (Å²) >= 11 is 0. The second-order valence-electron chi connectivity index (χ2n) is 5.38. The van der Waals surface area contributed by atoms with E-state index in [0.717, 1.165) is 5.56 Å². The molecule has 0 aromatic heterocycles. The second kappa shape index (κ2) is 7.14. The van der Waals surface area contributed by atoms with Gasteiger partial charge in [-0.05, 0) is 37.6 Å². The lowest BCUT2D eigenvalue weighted by Gasteiger charge is -2.24. The first-order valence-corrected chi connectivity index (χ1v) is 6.66. The molecule has 0 saturated carbocycles. The summed E-state index contributed by atoms with van der Waals surface area (Å²) in [5, 5.41) is 12.2. The maximum atomic E-state index is 11.8. The zero-order valence-corrected chi connectivity index (χ0v) is 12.2. The van der Waals surface area contributed by atoms with E-state index in [0.29, 0.717) is 19.0 Å². The largest absolute Gasteiger partial charge is 0.508 e. The number of carbonyl (C=O) groups excluding carboxylic acids is 1. The molecule has 0 saturated heterocycles. The molecule has 0 radical (unpaired) electrons. The predicted molar refractivity (Wildman–Crippen MR) is 77.0 cm³/mol. The number of phenolic OH excluding ortho intramolecular Hbond substituents is 1. The fourth-order valence-corrected chi connectivity index (χ4v) is 1.74. The van der Waals surface area contributed by atoms with E-state index in [1.807, 2.05) is 31.0 Å². The minimum absolute atomic E-state index is 0.0434. The molecule has 19 heavy (non-hydrogen) atoms. The fraction of sp³-hybridized carbons (Fsp3) is 0.533. The van der Waals surface area contributed by atoms with Gasteiger partial charge < -0.3 is 10.4 Å². The summed E-state index contributed by atoms with van der Waals surface area (Å²) in [6.45, 7) is 7.27. The lowest BCUT2D eigenvalue weighted by molar-refractivity contribution is -0.122. The molecule has 0 aliphatic rings. The number of hydrogen-bond acceptors (Lipinski definition) is 3. The summed E-state index contributed by atoms with van der Waals surface area (Å²) < 4.78 is 0. The van der Waals surface area contributed by atoms with Crippen LogP contribution < -0.4 is 5.32 Å². The van der Waals surface area contributed by atoms with Gasteiger partial charge in [-0.2, -0.15) is 0 Å². The number of phenols is 1. The molecule has 4 heteroatoms. The van der Waals surface area contributed by atoms with Crippen LogP contribution in [0.1, 0.15) is 32.4 Å². The molecular formula is C15H24N2O2. The molecule has 1 amide bonds. The van der Waals surface area contributed by atoms with E-state index in [9.17, 15) is 9.90 Å². The van der Waals surface area contributed by atoms with E-state index in [1.54, 1.807) is 12.1 Å². The van der Waals surface area contributed by atoms with Crippen molar-refractivity contribution in [1.82, 2.24) is 10.2 Å². The third kappa shape index (κ3) is 5.30. The summed E-state index contributed by atoms with van der Waals surface area (Å²) in [6, 6.07) is 7.22. The Hall–Kier alpha value is -1.55. The van der Waals surface area contributed by atoms with Crippen molar-refractivity contribution in [2.45, 2.75) is 26.8 Å². The average molecular weight is 264 g/mol. The zero-order chi connectivity index (χ0) is 14.4. The first-order chi connectivity index (χ1) is 8.90. The minimum atomic E-state index is 0.0434. The molecule has 0 fully saturated rings. The standard InChI is InChI=1S/C15H24N2O2/c1-11(2)9-16-15(19)10-17(4)12(3)13-5-7-14(18)8-6-13/h5-8,11-12,18H,9-10H2,1-4H3,(H,16,19). The van der Waals surface area contributed by atoms with Crippen molar-refractivity contribution in [3.05, 3.63) is 29.8 Å². The van der Waals surface area contributed by atoms with Crippen LogP contribution >= 0.6 is 0 Å². The molecule has 1 rings (SSSR count). The van der Waals surface area contributed by atoms with E-state index < -0.39 is 0 Å². The fourth-order valence-electron chi connectivity index (χ4n) is 1.74. The molecule has 1 atom stereocenters. The normalized spacial score (nSPS) is 12.7. The van der Waals surface area contributed by atoms with Gasteiger partial charge in [0.05, 0.1) is 6.54 Å². The summed E-state index contributed by atoms with van der Waals surface area (Å²) in [5.74, 6) is 0.763. The van der Waals surface area contributed by atoms with Crippen LogP contribution in [0.3, 0.4) is 0 Å². The van der Waals surface area contributed by atoms with Gasteiger partial charge >= 0.3 is 0 Å². The third-order valence-corrected chi connectivity index (χ3v) is 3.14. The molecule has 0 aliphatic carbocycles. The van der Waals surface area contributed by atoms with Crippen molar-refractivity contribution >= 4 is 5.91 Å². The number of likely N-dealkylation sites (N-methyl/N-ethyl adjacent to an activating group) is 1. The molecule has 4 nitrogen and oxygen atoms in total. The average Bonchev–Trinajstić information content (AvgIpc) is 2.36. The summed E-state index contributed by atoms with van der Waals surface area (Å²) in [6.07, 6.45) is 0. The number of nitrogens with one attached hydrogen (secondary N) is 1. The predicted octanol–water partition coefficient (Wildman–Crippen LogP) is 2.16. The van der Waals surface area contributed by atoms with Crippen LogP contribution in [0.4, 0.5) is 0 Å². The van der Waals surface area contributed by atoms with E-state index in [-0.39, 0.29) is 17.7 Å². The molecule has 0 heterocycles. The van der Waals surface area contributed by atoms with Crippen LogP contribution in [0.2, 0.25) is 0 Å². The van der Waals surface area contributed by atoms with Crippen molar-refractivity contribution in [1.29, 1.82) is 0 Å². The monoisotopic (exact) mass is 264 g/mol. The van der Waals surface area contributed by atoms with Gasteiger partial charge in [0.25, 0.3) is 0 Å². The Morgan fingerprint density at radius 2 is 1.84 bits per heavy atom. The molecule has 1 unspecified atom stereocenters. The molecule has 0 bridgehead atoms. The summed E-state index contributed by atoms with van der Waals surface area (Å²) in [4.78, 5) is 13.7. The van der Waals surface area contributed by atoms with Crippen LogP contribution in [0, 0.1) is 5.92 Å². The molecule has 0 aliphatic heterocycles. The van der Waals surface area contributed by atoms with Gasteiger partial charge in [-0.15, -0.1) is 0 Å². The van der Waals surface area contributed by atoms with E-state index in [2.05, 4.69) is 19.2 Å². The highest BCUT2D eigenvalue weighted by atomic mass is 16.3. The van der Waals surface area contributed by atoms with Crippen molar-refractivity contribution < 1.29 is 9.90 Å². The number of carbonyl (C=O) groups is 1. The number of aromatic hydroxyl groups is 1. The molecule has 106 valence electrons.